The molecule has 0 bridgehead atoms. The van der Waals surface area contributed by atoms with Crippen LogP contribution in [-0.2, 0) is 38.7 Å². The molecule has 2 aromatic heterocycles. The van der Waals surface area contributed by atoms with Gasteiger partial charge in [0.05, 0.1) is 30.7 Å². The van der Waals surface area contributed by atoms with Gasteiger partial charge < -0.3 is 29.5 Å². The van der Waals surface area contributed by atoms with Gasteiger partial charge in [0.25, 0.3) is 11.8 Å². The van der Waals surface area contributed by atoms with Gasteiger partial charge in [-0.15, -0.1) is 11.3 Å². The highest BCUT2D eigenvalue weighted by Crippen LogP contribution is 2.39. The van der Waals surface area contributed by atoms with Crippen molar-refractivity contribution in [3.63, 3.8) is 0 Å². The molecule has 0 radical (unpaired) electrons. The van der Waals surface area contributed by atoms with Crippen molar-refractivity contribution >= 4 is 63.1 Å². The molecule has 0 aliphatic carbocycles. The van der Waals surface area contributed by atoms with E-state index in [1.807, 2.05) is 28.8 Å². The van der Waals surface area contributed by atoms with Crippen LogP contribution in [0.3, 0.4) is 0 Å². The molecule has 0 saturated carbocycles. The van der Waals surface area contributed by atoms with Gasteiger partial charge in [0.2, 0.25) is 17.7 Å². The van der Waals surface area contributed by atoms with E-state index in [-0.39, 0.29) is 68.3 Å². The number of carbonyl (C=O) groups excluding carboxylic acids is 5. The predicted octanol–water partition coefficient (Wildman–Crippen LogP) is 5.83. The normalized spacial score (nSPS) is 19.7. The number of benzene rings is 3. The van der Waals surface area contributed by atoms with Gasteiger partial charge in [-0.05, 0) is 85.7 Å². The van der Waals surface area contributed by atoms with Crippen molar-refractivity contribution < 1.29 is 37.1 Å². The predicted molar refractivity (Wildman–Crippen MR) is 241 cm³/mol. The molecular weight excluding hydrogens is 874 g/mol. The van der Waals surface area contributed by atoms with E-state index < -0.39 is 47.1 Å². The molecule has 5 aliphatic heterocycles. The lowest BCUT2D eigenvalue weighted by Gasteiger charge is -2.40. The van der Waals surface area contributed by atoms with Crippen molar-refractivity contribution in [3.05, 3.63) is 107 Å². The van der Waals surface area contributed by atoms with Crippen LogP contribution in [0.2, 0.25) is 0 Å². The number of thiazole rings is 1. The highest BCUT2D eigenvalue weighted by molar-refractivity contribution is 7.13. The first-order chi connectivity index (χ1) is 31.9. The van der Waals surface area contributed by atoms with E-state index in [1.54, 1.807) is 45.9 Å². The van der Waals surface area contributed by atoms with Crippen molar-refractivity contribution in [1.29, 1.82) is 0 Å². The van der Waals surface area contributed by atoms with Crippen molar-refractivity contribution in [2.24, 2.45) is 0 Å². The number of hydrogen-bond acceptors (Lipinski definition) is 11. The molecule has 0 spiro atoms. The monoisotopic (exact) mass is 920 g/mol. The van der Waals surface area contributed by atoms with Crippen molar-refractivity contribution in [2.45, 2.75) is 75.8 Å². The van der Waals surface area contributed by atoms with Crippen LogP contribution in [0, 0.1) is 11.6 Å². The molecule has 7 heterocycles. The van der Waals surface area contributed by atoms with E-state index in [1.165, 1.54) is 28.4 Å². The number of anilines is 4. The van der Waals surface area contributed by atoms with Crippen molar-refractivity contribution in [3.8, 4) is 11.1 Å². The van der Waals surface area contributed by atoms with Crippen LogP contribution in [0.1, 0.15) is 71.9 Å². The summed E-state index contributed by atoms with van der Waals surface area (Å²) >= 11 is 1.26. The zero-order valence-electron chi connectivity index (χ0n) is 35.9. The quantitative estimate of drug-likeness (QED) is 0.137. The van der Waals surface area contributed by atoms with Gasteiger partial charge in [-0.3, -0.25) is 34.6 Å². The zero-order chi connectivity index (χ0) is 45.7. The summed E-state index contributed by atoms with van der Waals surface area (Å²) in [5.74, 6) is -3.03. The first-order valence-electron chi connectivity index (χ1n) is 22.2. The molecule has 1 unspecified atom stereocenters. The number of carbonyl (C=O) groups is 5. The minimum atomic E-state index is -1.72. The lowest BCUT2D eigenvalue weighted by molar-refractivity contribution is -0.135. The number of aromatic nitrogens is 3. The van der Waals surface area contributed by atoms with Crippen LogP contribution < -0.4 is 25.8 Å². The number of imide groups is 1. The number of rotatable bonds is 11. The Bertz CT molecular complexity index is 2720. The zero-order valence-corrected chi connectivity index (χ0v) is 36.7. The average Bonchev–Trinajstić information content (AvgIpc) is 4.13. The number of fused-ring (bicyclic) bond motifs is 2. The third-order valence-corrected chi connectivity index (χ3v) is 14.2. The Kier molecular flexibility index (Phi) is 11.5. The largest absolute Gasteiger partial charge is 0.374 e. The summed E-state index contributed by atoms with van der Waals surface area (Å²) in [6.45, 7) is 3.03. The number of piperazine rings is 1. The van der Waals surface area contributed by atoms with Crippen LogP contribution in [0.15, 0.2) is 72.5 Å². The summed E-state index contributed by atoms with van der Waals surface area (Å²) in [5.41, 5.74) is 2.90. The molecular formula is C47H47F3N10O5S. The molecule has 3 saturated heterocycles. The lowest BCUT2D eigenvalue weighted by Crippen LogP contribution is -2.51. The van der Waals surface area contributed by atoms with Gasteiger partial charge >= 0.3 is 0 Å². The van der Waals surface area contributed by atoms with E-state index in [2.05, 4.69) is 30.8 Å². The molecule has 342 valence electrons. The number of halogens is 3. The lowest BCUT2D eigenvalue weighted by atomic mass is 9.89. The Labute approximate surface area is 382 Å². The summed E-state index contributed by atoms with van der Waals surface area (Å²) in [6.07, 6.45) is 5.27. The van der Waals surface area contributed by atoms with E-state index >= 15 is 13.2 Å². The number of aryl methyl sites for hydroxylation is 1. The summed E-state index contributed by atoms with van der Waals surface area (Å²) in [7, 11) is 0. The van der Waals surface area contributed by atoms with Gasteiger partial charge in [0, 0.05) is 92.0 Å². The Hall–Kier alpha value is -6.76. The second-order valence-corrected chi connectivity index (χ2v) is 18.5. The Morgan fingerprint density at radius 2 is 1.67 bits per heavy atom. The second-order valence-electron chi connectivity index (χ2n) is 17.6. The van der Waals surface area contributed by atoms with Gasteiger partial charge in [0.1, 0.15) is 23.3 Å². The maximum absolute atomic E-state index is 16.1. The summed E-state index contributed by atoms with van der Waals surface area (Å²) in [5, 5.41) is 10.2. The number of piperidine rings is 2. The number of nitrogens with one attached hydrogen (secondary N) is 3. The number of alkyl halides is 1. The van der Waals surface area contributed by atoms with Crippen LogP contribution in [0.25, 0.3) is 11.1 Å². The first kappa shape index (κ1) is 43.1. The average molecular weight is 921 g/mol. The fraction of sp³-hybridized carbons (Fsp3) is 0.383. The molecule has 10 rings (SSSR count). The van der Waals surface area contributed by atoms with Crippen LogP contribution in [-0.4, -0.2) is 105 Å². The SMILES string of the molecule is O=C1CC[C@H](Nc2ccc(N3CCC(F)(CC(=O)N4CCN(c5ccc(-c6cc(F)c7c(c6)C(=O)N(C(C(=O)Nc6nccs6)c6ncn8c6CCC8)C7)cc5)CC4)CC3)c(F)c2)C(=O)N1. The minimum absolute atomic E-state index is 0.0694. The second kappa shape index (κ2) is 17.6. The third kappa shape index (κ3) is 8.47. The Balaban J connectivity index is 0.735. The first-order valence-corrected chi connectivity index (χ1v) is 23.1. The fourth-order valence-corrected chi connectivity index (χ4v) is 10.4. The van der Waals surface area contributed by atoms with Crippen LogP contribution >= 0.6 is 11.3 Å². The molecule has 19 heteroatoms. The molecule has 5 aromatic rings. The molecule has 5 amide bonds. The van der Waals surface area contributed by atoms with Gasteiger partial charge in [-0.25, -0.2) is 23.1 Å². The van der Waals surface area contributed by atoms with Gasteiger partial charge in [0.15, 0.2) is 11.2 Å². The number of hydrogen-bond donors (Lipinski definition) is 3. The summed E-state index contributed by atoms with van der Waals surface area (Å²) in [6, 6.07) is 13.5. The highest BCUT2D eigenvalue weighted by Gasteiger charge is 2.43. The van der Waals surface area contributed by atoms with Crippen molar-refractivity contribution in [1.82, 2.24) is 29.7 Å². The highest BCUT2D eigenvalue weighted by atomic mass is 32.1. The van der Waals surface area contributed by atoms with Crippen molar-refractivity contribution in [2.75, 3.05) is 59.7 Å². The number of nitrogens with zero attached hydrogens (tertiary/aromatic N) is 7. The van der Waals surface area contributed by atoms with Crippen LogP contribution in [0.4, 0.5) is 35.4 Å². The summed E-state index contributed by atoms with van der Waals surface area (Å²) in [4.78, 5) is 80.7. The molecule has 3 N–H and O–H groups in total. The van der Waals surface area contributed by atoms with E-state index in [4.69, 9.17) is 0 Å². The number of amides is 5. The standard InChI is InChI=1S/C47H47F3N10O5S/c48-34-23-29(22-32-33(34)26-60(45(32)65)42(44(64)55-46-51-13-21-66-46)41-38-2-1-14-59(38)27-52-41)28-3-6-31(7-4-28)56-17-19-58(20-18-56)40(62)25-47(50)11-15-57(16-12-47)37-9-5-30(24-35(37)49)53-36-8-10-39(61)54-43(36)63/h3-7,9,13,21-24,27,36,42,53H,1-2,8,10-12,14-20,25-26H2,(H,51,55,64)(H,54,61,63)/t36-,42?/m0/s1. The smallest absolute Gasteiger partial charge is 0.255 e. The van der Waals surface area contributed by atoms with E-state index in [9.17, 15) is 24.0 Å². The Morgan fingerprint density at radius 3 is 2.39 bits per heavy atom. The van der Waals surface area contributed by atoms with Crippen LogP contribution in [0.5, 0.6) is 0 Å². The number of imidazole rings is 1. The maximum atomic E-state index is 16.1. The fourth-order valence-electron chi connectivity index (χ4n) is 9.84. The maximum Gasteiger partial charge on any atom is 0.255 e. The van der Waals surface area contributed by atoms with Gasteiger partial charge in [-0.2, -0.15) is 0 Å². The third-order valence-electron chi connectivity index (χ3n) is 13.5. The molecule has 3 aromatic carbocycles. The molecule has 2 atom stereocenters. The Morgan fingerprint density at radius 1 is 0.879 bits per heavy atom. The van der Waals surface area contributed by atoms with Gasteiger partial charge in [-0.1, -0.05) is 12.1 Å². The minimum Gasteiger partial charge on any atom is -0.374 e. The molecule has 5 aliphatic rings. The topological polar surface area (TPSA) is 165 Å². The molecule has 15 nitrogen and oxygen atoms in total. The van der Waals surface area contributed by atoms with E-state index in [0.29, 0.717) is 72.3 Å². The van der Waals surface area contributed by atoms with E-state index in [0.717, 1.165) is 24.3 Å². The summed E-state index contributed by atoms with van der Waals surface area (Å²) < 4.78 is 49.3. The molecule has 3 fully saturated rings. The molecule has 66 heavy (non-hydrogen) atoms.